The molecule has 1 saturated carbocycles. The highest BCUT2D eigenvalue weighted by Gasteiger charge is 2.35. The molecule has 0 aliphatic heterocycles. The Morgan fingerprint density at radius 1 is 1.47 bits per heavy atom. The molecule has 0 amide bonds. The summed E-state index contributed by atoms with van der Waals surface area (Å²) in [6.07, 6.45) is 3.41. The van der Waals surface area contributed by atoms with Crippen molar-refractivity contribution in [2.24, 2.45) is 0 Å². The fraction of sp³-hybridized carbons (Fsp3) is 0.800. The summed E-state index contributed by atoms with van der Waals surface area (Å²) in [5.41, 5.74) is -1.01. The highest BCUT2D eigenvalue weighted by atomic mass is 32.1. The first-order valence-electron chi connectivity index (χ1n) is 5.29. The van der Waals surface area contributed by atoms with Crippen LogP contribution >= 0.6 is 11.5 Å². The van der Waals surface area contributed by atoms with Gasteiger partial charge in [0.05, 0.1) is 6.54 Å². The van der Waals surface area contributed by atoms with Crippen LogP contribution in [0.4, 0.5) is 9.52 Å². The van der Waals surface area contributed by atoms with E-state index >= 15 is 0 Å². The van der Waals surface area contributed by atoms with Gasteiger partial charge >= 0.3 is 0 Å². The van der Waals surface area contributed by atoms with Crippen molar-refractivity contribution >= 4 is 16.7 Å². The molecule has 0 saturated heterocycles. The van der Waals surface area contributed by atoms with Crippen molar-refractivity contribution in [1.29, 1.82) is 0 Å². The minimum Gasteiger partial charge on any atom is -0.347 e. The lowest BCUT2D eigenvalue weighted by molar-refractivity contribution is 0.181. The van der Waals surface area contributed by atoms with Crippen LogP contribution in [0.1, 0.15) is 31.5 Å². The monoisotopic (exact) mass is 229 g/mol. The maximum Gasteiger partial charge on any atom is 0.205 e. The Labute approximate surface area is 93.5 Å². The number of hydrogen-bond donors (Lipinski definition) is 0. The largest absolute Gasteiger partial charge is 0.347 e. The molecule has 0 radical (unpaired) electrons. The molecule has 1 fully saturated rings. The van der Waals surface area contributed by atoms with E-state index in [0.717, 1.165) is 23.8 Å². The summed E-state index contributed by atoms with van der Waals surface area (Å²) < 4.78 is 18.3. The lowest BCUT2D eigenvalue weighted by Crippen LogP contribution is -2.35. The van der Waals surface area contributed by atoms with Gasteiger partial charge in [0.1, 0.15) is 11.5 Å². The van der Waals surface area contributed by atoms with E-state index in [9.17, 15) is 4.39 Å². The molecule has 0 unspecified atom stereocenters. The van der Waals surface area contributed by atoms with Crippen LogP contribution in [0, 0.1) is 6.92 Å². The van der Waals surface area contributed by atoms with Crippen LogP contribution < -0.4 is 4.90 Å². The second kappa shape index (κ2) is 4.04. The third-order valence-corrected chi connectivity index (χ3v) is 3.79. The summed E-state index contributed by atoms with van der Waals surface area (Å²) in [6.45, 7) is 2.30. The molecule has 1 aliphatic carbocycles. The maximum atomic E-state index is 14.2. The van der Waals surface area contributed by atoms with E-state index in [1.165, 1.54) is 11.5 Å². The van der Waals surface area contributed by atoms with Gasteiger partial charge in [-0.3, -0.25) is 0 Å². The van der Waals surface area contributed by atoms with Gasteiger partial charge in [0, 0.05) is 18.6 Å². The Morgan fingerprint density at radius 3 is 2.67 bits per heavy atom. The number of rotatable bonds is 3. The maximum absolute atomic E-state index is 14.2. The third kappa shape index (κ3) is 2.45. The van der Waals surface area contributed by atoms with Crippen molar-refractivity contribution < 1.29 is 4.39 Å². The standard InChI is InChI=1S/C10H16FN3S/c1-8-12-9(15-13-8)14(2)7-10(11)5-3-4-6-10/h3-7H2,1-2H3. The zero-order valence-corrected chi connectivity index (χ0v) is 9.98. The predicted octanol–water partition coefficient (Wildman–Crippen LogP) is 2.57. The second-order valence-electron chi connectivity index (χ2n) is 4.34. The second-order valence-corrected chi connectivity index (χ2v) is 5.07. The first-order chi connectivity index (χ1) is 7.09. The summed E-state index contributed by atoms with van der Waals surface area (Å²) >= 11 is 1.34. The van der Waals surface area contributed by atoms with Crippen molar-refractivity contribution in [3.63, 3.8) is 0 Å². The molecule has 5 heteroatoms. The van der Waals surface area contributed by atoms with E-state index in [0.29, 0.717) is 19.4 Å². The average molecular weight is 229 g/mol. The fourth-order valence-corrected chi connectivity index (χ4v) is 2.73. The summed E-state index contributed by atoms with van der Waals surface area (Å²) in [7, 11) is 1.89. The van der Waals surface area contributed by atoms with Gasteiger partial charge in [0.15, 0.2) is 0 Å². The lowest BCUT2D eigenvalue weighted by Gasteiger charge is -2.25. The number of aryl methyl sites for hydroxylation is 1. The highest BCUT2D eigenvalue weighted by molar-refractivity contribution is 7.09. The number of halogens is 1. The summed E-state index contributed by atoms with van der Waals surface area (Å²) in [4.78, 5) is 6.14. The number of anilines is 1. The Hall–Kier alpha value is -0.710. The van der Waals surface area contributed by atoms with E-state index < -0.39 is 5.67 Å². The number of hydrogen-bond acceptors (Lipinski definition) is 4. The van der Waals surface area contributed by atoms with Crippen molar-refractivity contribution in [3.8, 4) is 0 Å². The van der Waals surface area contributed by atoms with Crippen molar-refractivity contribution in [3.05, 3.63) is 5.82 Å². The zero-order valence-electron chi connectivity index (χ0n) is 9.16. The Morgan fingerprint density at radius 2 is 2.13 bits per heavy atom. The minimum atomic E-state index is -1.01. The van der Waals surface area contributed by atoms with E-state index in [1.807, 2.05) is 18.9 Å². The fourth-order valence-electron chi connectivity index (χ4n) is 2.10. The highest BCUT2D eigenvalue weighted by Crippen LogP contribution is 2.34. The molecule has 0 spiro atoms. The van der Waals surface area contributed by atoms with Gasteiger partial charge in [0.25, 0.3) is 0 Å². The summed E-state index contributed by atoms with van der Waals surface area (Å²) in [5, 5.41) is 0.816. The summed E-state index contributed by atoms with van der Waals surface area (Å²) in [5.74, 6) is 0.765. The molecule has 15 heavy (non-hydrogen) atoms. The van der Waals surface area contributed by atoms with Crippen molar-refractivity contribution in [2.75, 3.05) is 18.5 Å². The van der Waals surface area contributed by atoms with Crippen molar-refractivity contribution in [2.45, 2.75) is 38.3 Å². The molecule has 1 aliphatic rings. The lowest BCUT2D eigenvalue weighted by atomic mass is 10.0. The zero-order chi connectivity index (χ0) is 10.9. The molecule has 1 aromatic rings. The predicted molar refractivity (Wildman–Crippen MR) is 60.2 cm³/mol. The van der Waals surface area contributed by atoms with E-state index in [4.69, 9.17) is 0 Å². The molecule has 0 N–H and O–H groups in total. The minimum absolute atomic E-state index is 0.446. The van der Waals surface area contributed by atoms with E-state index in [-0.39, 0.29) is 0 Å². The first kappa shape index (κ1) is 10.8. The van der Waals surface area contributed by atoms with Crippen LogP contribution in [0.15, 0.2) is 0 Å². The van der Waals surface area contributed by atoms with Gasteiger partial charge in [-0.1, -0.05) is 12.8 Å². The number of alkyl halides is 1. The molecule has 2 rings (SSSR count). The molecule has 3 nitrogen and oxygen atoms in total. The van der Waals surface area contributed by atoms with Gasteiger partial charge < -0.3 is 4.90 Å². The van der Waals surface area contributed by atoms with Crippen LogP contribution in [0.2, 0.25) is 0 Å². The topological polar surface area (TPSA) is 29.0 Å². The van der Waals surface area contributed by atoms with Gasteiger partial charge in [-0.05, 0) is 19.8 Å². The molecular formula is C10H16FN3S. The van der Waals surface area contributed by atoms with Gasteiger partial charge in [0.2, 0.25) is 5.13 Å². The van der Waals surface area contributed by atoms with E-state index in [2.05, 4.69) is 9.36 Å². The SMILES string of the molecule is Cc1nsc(N(C)CC2(F)CCCC2)n1. The molecule has 0 aromatic carbocycles. The van der Waals surface area contributed by atoms with E-state index in [1.54, 1.807) is 0 Å². The summed E-state index contributed by atoms with van der Waals surface area (Å²) in [6, 6.07) is 0. The first-order valence-corrected chi connectivity index (χ1v) is 6.07. The van der Waals surface area contributed by atoms with Crippen LogP contribution in [0.3, 0.4) is 0 Å². The van der Waals surface area contributed by atoms with Crippen LogP contribution in [-0.4, -0.2) is 28.6 Å². The quantitative estimate of drug-likeness (QED) is 0.797. The van der Waals surface area contributed by atoms with Gasteiger partial charge in [-0.15, -0.1) is 0 Å². The van der Waals surface area contributed by atoms with Crippen LogP contribution in [0.25, 0.3) is 0 Å². The van der Waals surface area contributed by atoms with Gasteiger partial charge in [-0.2, -0.15) is 4.37 Å². The molecule has 0 atom stereocenters. The molecule has 84 valence electrons. The average Bonchev–Trinajstić information content (AvgIpc) is 2.75. The normalized spacial score (nSPS) is 19.4. The third-order valence-electron chi connectivity index (χ3n) is 2.86. The molecule has 1 aromatic heterocycles. The number of aromatic nitrogens is 2. The molecule has 0 bridgehead atoms. The number of nitrogens with zero attached hydrogens (tertiary/aromatic N) is 3. The van der Waals surface area contributed by atoms with Crippen LogP contribution in [-0.2, 0) is 0 Å². The molecular weight excluding hydrogens is 213 g/mol. The Balaban J connectivity index is 2.00. The van der Waals surface area contributed by atoms with Gasteiger partial charge in [-0.25, -0.2) is 9.37 Å². The smallest absolute Gasteiger partial charge is 0.205 e. The molecule has 1 heterocycles. The Kier molecular flexibility index (Phi) is 2.91. The van der Waals surface area contributed by atoms with Crippen molar-refractivity contribution in [1.82, 2.24) is 9.36 Å². The Bertz CT molecular complexity index is 333. The van der Waals surface area contributed by atoms with Crippen LogP contribution in [0.5, 0.6) is 0 Å².